The van der Waals surface area contributed by atoms with Gasteiger partial charge >= 0.3 is 0 Å². The van der Waals surface area contributed by atoms with Crippen LogP contribution in [0, 0.1) is 0 Å². The summed E-state index contributed by atoms with van der Waals surface area (Å²) < 4.78 is 39.0. The Bertz CT molecular complexity index is 416. The molecule has 1 aromatic rings. The average molecular weight is 277 g/mol. The maximum atomic E-state index is 11.9. The first-order chi connectivity index (χ1) is 9.02. The minimum absolute atomic E-state index is 0.128. The van der Waals surface area contributed by atoms with Crippen LogP contribution >= 0.6 is 0 Å². The van der Waals surface area contributed by atoms with Crippen molar-refractivity contribution in [2.24, 2.45) is 5.73 Å². The van der Waals surface area contributed by atoms with Gasteiger partial charge in [-0.1, -0.05) is 5.16 Å². The minimum Gasteiger partial charge on any atom is -0.379 e. The van der Waals surface area contributed by atoms with Gasteiger partial charge in [0.1, 0.15) is 6.61 Å². The molecule has 6 nitrogen and oxygen atoms in total. The van der Waals surface area contributed by atoms with E-state index in [4.69, 9.17) is 19.7 Å². The van der Waals surface area contributed by atoms with Crippen LogP contribution < -0.4 is 5.73 Å². The molecule has 8 heteroatoms. The van der Waals surface area contributed by atoms with E-state index in [1.54, 1.807) is 0 Å². The molecule has 108 valence electrons. The second kappa shape index (κ2) is 5.89. The molecule has 0 amide bonds. The first-order valence-electron chi connectivity index (χ1n) is 6.04. The van der Waals surface area contributed by atoms with Crippen molar-refractivity contribution in [3.8, 4) is 0 Å². The molecular formula is C11H17F2N3O3. The molecule has 2 heterocycles. The third kappa shape index (κ3) is 3.26. The van der Waals surface area contributed by atoms with Crippen LogP contribution in [0.5, 0.6) is 0 Å². The number of rotatable bonds is 6. The summed E-state index contributed by atoms with van der Waals surface area (Å²) in [7, 11) is 0. The molecule has 0 aromatic carbocycles. The Kier molecular flexibility index (Phi) is 4.43. The van der Waals surface area contributed by atoms with Crippen LogP contribution in [0.4, 0.5) is 8.78 Å². The van der Waals surface area contributed by atoms with E-state index >= 15 is 0 Å². The van der Waals surface area contributed by atoms with Gasteiger partial charge in [0, 0.05) is 12.5 Å². The van der Waals surface area contributed by atoms with E-state index in [1.165, 1.54) is 0 Å². The van der Waals surface area contributed by atoms with Crippen molar-refractivity contribution >= 4 is 0 Å². The molecule has 0 radical (unpaired) electrons. The molecule has 1 fully saturated rings. The number of hydrogen-bond acceptors (Lipinski definition) is 6. The van der Waals surface area contributed by atoms with Gasteiger partial charge in [0.2, 0.25) is 5.89 Å². The summed E-state index contributed by atoms with van der Waals surface area (Å²) in [6.07, 6.45) is -2.14. The zero-order valence-electron chi connectivity index (χ0n) is 10.6. The molecule has 1 aromatic heterocycles. The van der Waals surface area contributed by atoms with Crippen molar-refractivity contribution in [3.63, 3.8) is 0 Å². The van der Waals surface area contributed by atoms with E-state index in [0.29, 0.717) is 31.3 Å². The molecule has 0 bridgehead atoms. The summed E-state index contributed by atoms with van der Waals surface area (Å²) in [5, 5.41) is 3.79. The fraction of sp³-hybridized carbons (Fsp3) is 0.818. The molecule has 0 aliphatic carbocycles. The summed E-state index contributed by atoms with van der Waals surface area (Å²) in [5.41, 5.74) is 5.46. The Morgan fingerprint density at radius 3 is 3.00 bits per heavy atom. The van der Waals surface area contributed by atoms with Crippen molar-refractivity contribution in [1.29, 1.82) is 0 Å². The summed E-state index contributed by atoms with van der Waals surface area (Å²) in [6, 6.07) is -0.198. The highest BCUT2D eigenvalue weighted by molar-refractivity contribution is 5.11. The molecule has 2 atom stereocenters. The predicted octanol–water partition coefficient (Wildman–Crippen LogP) is 0.509. The lowest BCUT2D eigenvalue weighted by Crippen LogP contribution is -2.42. The average Bonchev–Trinajstić information content (AvgIpc) is 2.94. The Hall–Kier alpha value is -1.12. The quantitative estimate of drug-likeness (QED) is 0.763. The van der Waals surface area contributed by atoms with Gasteiger partial charge in [-0.2, -0.15) is 4.98 Å². The van der Waals surface area contributed by atoms with Crippen LogP contribution in [0.1, 0.15) is 18.6 Å². The van der Waals surface area contributed by atoms with Gasteiger partial charge in [-0.25, -0.2) is 8.78 Å². The number of nitrogens with two attached hydrogens (primary N) is 1. The number of halogens is 2. The van der Waals surface area contributed by atoms with Crippen molar-refractivity contribution in [3.05, 3.63) is 11.7 Å². The van der Waals surface area contributed by atoms with Gasteiger partial charge < -0.3 is 19.7 Å². The number of nitrogens with zero attached hydrogens (tertiary/aromatic N) is 2. The zero-order chi connectivity index (χ0) is 13.9. The SMILES string of the molecule is CC1(c2nc(CCOCC(F)F)no2)COCC1N. The number of hydrogen-bond donors (Lipinski definition) is 1. The first-order valence-corrected chi connectivity index (χ1v) is 6.04. The minimum atomic E-state index is -2.46. The second-order valence-corrected chi connectivity index (χ2v) is 4.77. The summed E-state index contributed by atoms with van der Waals surface area (Å²) in [4.78, 5) is 4.23. The Morgan fingerprint density at radius 2 is 2.37 bits per heavy atom. The van der Waals surface area contributed by atoms with Crippen LogP contribution in [-0.2, 0) is 21.3 Å². The van der Waals surface area contributed by atoms with Gasteiger partial charge in [0.05, 0.1) is 25.2 Å². The smallest absolute Gasteiger partial charge is 0.261 e. The summed E-state index contributed by atoms with van der Waals surface area (Å²) >= 11 is 0. The van der Waals surface area contributed by atoms with Gasteiger partial charge in [0.15, 0.2) is 5.82 Å². The Balaban J connectivity index is 1.88. The van der Waals surface area contributed by atoms with Crippen LogP contribution in [0.15, 0.2) is 4.52 Å². The first kappa shape index (κ1) is 14.3. The Morgan fingerprint density at radius 1 is 1.58 bits per heavy atom. The van der Waals surface area contributed by atoms with E-state index < -0.39 is 18.4 Å². The number of alkyl halides is 2. The number of aromatic nitrogens is 2. The summed E-state index contributed by atoms with van der Waals surface area (Å²) in [6.45, 7) is 2.32. The highest BCUT2D eigenvalue weighted by atomic mass is 19.3. The molecule has 1 saturated heterocycles. The molecular weight excluding hydrogens is 260 g/mol. The van der Waals surface area contributed by atoms with E-state index in [2.05, 4.69) is 10.1 Å². The van der Waals surface area contributed by atoms with E-state index in [9.17, 15) is 8.78 Å². The van der Waals surface area contributed by atoms with E-state index in [0.717, 1.165) is 0 Å². The highest BCUT2D eigenvalue weighted by Gasteiger charge is 2.44. The van der Waals surface area contributed by atoms with Gasteiger partial charge in [0.25, 0.3) is 6.43 Å². The molecule has 1 aliphatic rings. The lowest BCUT2D eigenvalue weighted by Gasteiger charge is -2.21. The fourth-order valence-corrected chi connectivity index (χ4v) is 1.83. The van der Waals surface area contributed by atoms with Crippen molar-refractivity contribution < 1.29 is 22.8 Å². The molecule has 2 rings (SSSR count). The van der Waals surface area contributed by atoms with Crippen molar-refractivity contribution in [1.82, 2.24) is 10.1 Å². The molecule has 2 unspecified atom stereocenters. The highest BCUT2D eigenvalue weighted by Crippen LogP contribution is 2.30. The fourth-order valence-electron chi connectivity index (χ4n) is 1.83. The third-order valence-electron chi connectivity index (χ3n) is 3.19. The van der Waals surface area contributed by atoms with E-state index in [1.807, 2.05) is 6.92 Å². The van der Waals surface area contributed by atoms with Crippen molar-refractivity contribution in [2.75, 3.05) is 26.4 Å². The van der Waals surface area contributed by atoms with Gasteiger partial charge in [-0.15, -0.1) is 0 Å². The topological polar surface area (TPSA) is 83.4 Å². The molecule has 1 aliphatic heterocycles. The normalized spacial score (nSPS) is 27.3. The van der Waals surface area contributed by atoms with Gasteiger partial charge in [-0.3, -0.25) is 0 Å². The number of ether oxygens (including phenoxy) is 2. The van der Waals surface area contributed by atoms with E-state index in [-0.39, 0.29) is 12.6 Å². The predicted molar refractivity (Wildman–Crippen MR) is 61.0 cm³/mol. The van der Waals surface area contributed by atoms with Crippen LogP contribution in [0.2, 0.25) is 0 Å². The standard InChI is InChI=1S/C11H17F2N3O3/c1-11(6-18-4-7(11)14)10-15-9(16-19-10)2-3-17-5-8(12)13/h7-8H,2-6,14H2,1H3. The molecule has 19 heavy (non-hydrogen) atoms. The van der Waals surface area contributed by atoms with Crippen LogP contribution in [0.25, 0.3) is 0 Å². The maximum Gasteiger partial charge on any atom is 0.261 e. The lowest BCUT2D eigenvalue weighted by atomic mass is 9.86. The molecule has 0 saturated carbocycles. The van der Waals surface area contributed by atoms with Crippen LogP contribution in [-0.4, -0.2) is 49.0 Å². The zero-order valence-corrected chi connectivity index (χ0v) is 10.6. The monoisotopic (exact) mass is 277 g/mol. The second-order valence-electron chi connectivity index (χ2n) is 4.77. The summed E-state index contributed by atoms with van der Waals surface area (Å²) in [5.74, 6) is 0.839. The third-order valence-corrected chi connectivity index (χ3v) is 3.19. The molecule has 2 N–H and O–H groups in total. The van der Waals surface area contributed by atoms with Gasteiger partial charge in [-0.05, 0) is 6.92 Å². The van der Waals surface area contributed by atoms with Crippen molar-refractivity contribution in [2.45, 2.75) is 31.2 Å². The largest absolute Gasteiger partial charge is 0.379 e. The lowest BCUT2D eigenvalue weighted by molar-refractivity contribution is 0.0182. The maximum absolute atomic E-state index is 11.9. The van der Waals surface area contributed by atoms with Crippen LogP contribution in [0.3, 0.4) is 0 Å². The Labute approximate surface area is 109 Å². The molecule has 0 spiro atoms.